The first kappa shape index (κ1) is 15.5. The van der Waals surface area contributed by atoms with Crippen molar-refractivity contribution in [2.45, 2.75) is 51.2 Å². The molecule has 4 nitrogen and oxygen atoms in total. The molecule has 3 N–H and O–H groups in total. The van der Waals surface area contributed by atoms with Gasteiger partial charge in [-0.2, -0.15) is 0 Å². The van der Waals surface area contributed by atoms with Crippen LogP contribution >= 0.6 is 11.3 Å². The van der Waals surface area contributed by atoms with Gasteiger partial charge in [0.05, 0.1) is 13.1 Å². The van der Waals surface area contributed by atoms with E-state index in [1.807, 2.05) is 17.5 Å². The van der Waals surface area contributed by atoms with Crippen LogP contribution in [0.3, 0.4) is 0 Å². The number of rotatable bonds is 6. The minimum Gasteiger partial charge on any atom is -0.350 e. The monoisotopic (exact) mass is 295 g/mol. The molecule has 1 aliphatic carbocycles. The third-order valence-corrected chi connectivity index (χ3v) is 4.93. The summed E-state index contributed by atoms with van der Waals surface area (Å²) in [5, 5.41) is 5.04. The molecule has 1 aromatic heterocycles. The number of amides is 1. The second-order valence-corrected chi connectivity index (χ2v) is 6.52. The van der Waals surface area contributed by atoms with Crippen molar-refractivity contribution >= 4 is 17.2 Å². The summed E-state index contributed by atoms with van der Waals surface area (Å²) in [5.74, 6) is 0.120. The molecule has 20 heavy (non-hydrogen) atoms. The molecule has 0 atom stereocenters. The minimum absolute atomic E-state index is 0.120. The third-order valence-electron chi connectivity index (χ3n) is 4.05. The van der Waals surface area contributed by atoms with Gasteiger partial charge in [0, 0.05) is 17.0 Å². The van der Waals surface area contributed by atoms with Crippen molar-refractivity contribution in [3.63, 3.8) is 0 Å². The lowest BCUT2D eigenvalue weighted by Crippen LogP contribution is -2.45. The van der Waals surface area contributed by atoms with Gasteiger partial charge in [-0.05, 0) is 43.7 Å². The lowest BCUT2D eigenvalue weighted by molar-refractivity contribution is -0.123. The summed E-state index contributed by atoms with van der Waals surface area (Å²) in [6, 6.07) is 4.94. The molecule has 0 aliphatic heterocycles. The second-order valence-electron chi connectivity index (χ2n) is 5.49. The number of carbonyl (C=O) groups is 1. The third kappa shape index (κ3) is 4.58. The maximum atomic E-state index is 12.0. The Morgan fingerprint density at radius 1 is 1.45 bits per heavy atom. The quantitative estimate of drug-likeness (QED) is 0.843. The molecule has 1 aliphatic rings. The largest absolute Gasteiger partial charge is 0.350 e. The summed E-state index contributed by atoms with van der Waals surface area (Å²) in [6.07, 6.45) is 4.40. The van der Waals surface area contributed by atoms with Gasteiger partial charge in [-0.25, -0.2) is 0 Å². The second kappa shape index (κ2) is 7.76. The smallest absolute Gasteiger partial charge is 0.234 e. The highest BCUT2D eigenvalue weighted by Gasteiger charge is 2.24. The summed E-state index contributed by atoms with van der Waals surface area (Å²) in [6.45, 7) is 4.19. The Hall–Kier alpha value is -0.910. The summed E-state index contributed by atoms with van der Waals surface area (Å²) in [7, 11) is 0. The molecule has 1 amide bonds. The number of hydrogen-bond acceptors (Lipinski definition) is 4. The highest BCUT2D eigenvalue weighted by molar-refractivity contribution is 7.09. The van der Waals surface area contributed by atoms with E-state index in [1.54, 1.807) is 11.3 Å². The molecule has 0 saturated heterocycles. The van der Waals surface area contributed by atoms with E-state index >= 15 is 0 Å². The highest BCUT2D eigenvalue weighted by atomic mass is 32.1. The Morgan fingerprint density at radius 3 is 2.80 bits per heavy atom. The van der Waals surface area contributed by atoms with Gasteiger partial charge in [-0.3, -0.25) is 9.69 Å². The van der Waals surface area contributed by atoms with Gasteiger partial charge in [-0.15, -0.1) is 11.3 Å². The molecule has 112 valence electrons. The van der Waals surface area contributed by atoms with E-state index in [4.69, 9.17) is 5.73 Å². The van der Waals surface area contributed by atoms with E-state index in [0.29, 0.717) is 25.2 Å². The molecule has 1 aromatic rings. The normalized spacial score (nSPS) is 22.9. The van der Waals surface area contributed by atoms with Crippen molar-refractivity contribution in [3.05, 3.63) is 22.4 Å². The predicted octanol–water partition coefficient (Wildman–Crippen LogP) is 1.96. The molecule has 0 radical (unpaired) electrons. The number of carbonyl (C=O) groups excluding carboxylic acids is 1. The molecule has 0 unspecified atom stereocenters. The van der Waals surface area contributed by atoms with Crippen LogP contribution in [-0.4, -0.2) is 36.0 Å². The average molecular weight is 295 g/mol. The van der Waals surface area contributed by atoms with Gasteiger partial charge in [0.15, 0.2) is 0 Å². The average Bonchev–Trinajstić information content (AvgIpc) is 2.97. The minimum atomic E-state index is 0.120. The van der Waals surface area contributed by atoms with Crippen LogP contribution in [0.2, 0.25) is 0 Å². The van der Waals surface area contributed by atoms with E-state index in [1.165, 1.54) is 4.88 Å². The fourth-order valence-electron chi connectivity index (χ4n) is 2.81. The summed E-state index contributed by atoms with van der Waals surface area (Å²) in [5.41, 5.74) is 5.95. The highest BCUT2D eigenvalue weighted by Crippen LogP contribution is 2.21. The topological polar surface area (TPSA) is 58.4 Å². The van der Waals surface area contributed by atoms with Crippen LogP contribution < -0.4 is 11.1 Å². The van der Waals surface area contributed by atoms with E-state index in [2.05, 4.69) is 17.1 Å². The predicted molar refractivity (Wildman–Crippen MR) is 83.6 cm³/mol. The van der Waals surface area contributed by atoms with Crippen LogP contribution in [0.5, 0.6) is 0 Å². The van der Waals surface area contributed by atoms with Gasteiger partial charge in [0.25, 0.3) is 0 Å². The number of likely N-dealkylation sites (N-methyl/N-ethyl adjacent to an activating group) is 1. The van der Waals surface area contributed by atoms with E-state index in [-0.39, 0.29) is 5.91 Å². The van der Waals surface area contributed by atoms with Crippen LogP contribution in [-0.2, 0) is 11.3 Å². The Kier molecular flexibility index (Phi) is 6.01. The fourth-order valence-corrected chi connectivity index (χ4v) is 3.45. The molecule has 1 heterocycles. The lowest BCUT2D eigenvalue weighted by atomic mass is 9.91. The van der Waals surface area contributed by atoms with Crippen LogP contribution in [0.25, 0.3) is 0 Å². The molecule has 0 spiro atoms. The standard InChI is InChI=1S/C15H25N3OS/c1-2-18(13-7-5-12(16)6-8-13)11-15(19)17-10-14-4-3-9-20-14/h3-4,9,12-13H,2,5-8,10-11,16H2,1H3,(H,17,19). The number of nitrogens with zero attached hydrogens (tertiary/aromatic N) is 1. The number of nitrogens with one attached hydrogen (secondary N) is 1. The zero-order chi connectivity index (χ0) is 14.4. The van der Waals surface area contributed by atoms with E-state index < -0.39 is 0 Å². The Bertz CT molecular complexity index is 399. The van der Waals surface area contributed by atoms with Crippen molar-refractivity contribution in [1.82, 2.24) is 10.2 Å². The fraction of sp³-hybridized carbons (Fsp3) is 0.667. The molecule has 1 saturated carbocycles. The van der Waals surface area contributed by atoms with Crippen LogP contribution in [0.4, 0.5) is 0 Å². The number of hydrogen-bond donors (Lipinski definition) is 2. The summed E-state index contributed by atoms with van der Waals surface area (Å²) < 4.78 is 0. The number of thiophene rings is 1. The van der Waals surface area contributed by atoms with Crippen molar-refractivity contribution in [2.75, 3.05) is 13.1 Å². The maximum Gasteiger partial charge on any atom is 0.234 e. The van der Waals surface area contributed by atoms with Gasteiger partial charge in [0.1, 0.15) is 0 Å². The maximum absolute atomic E-state index is 12.0. The molecule has 0 aromatic carbocycles. The molecule has 5 heteroatoms. The zero-order valence-corrected chi connectivity index (χ0v) is 13.0. The van der Waals surface area contributed by atoms with Gasteiger partial charge >= 0.3 is 0 Å². The Labute approximate surface area is 125 Å². The van der Waals surface area contributed by atoms with Crippen LogP contribution in [0.1, 0.15) is 37.5 Å². The van der Waals surface area contributed by atoms with Gasteiger partial charge in [-0.1, -0.05) is 13.0 Å². The first-order valence-electron chi connectivity index (χ1n) is 7.47. The lowest BCUT2D eigenvalue weighted by Gasteiger charge is -2.34. The first-order chi connectivity index (χ1) is 9.69. The molecular formula is C15H25N3OS. The summed E-state index contributed by atoms with van der Waals surface area (Å²) in [4.78, 5) is 15.5. The number of nitrogens with two attached hydrogens (primary N) is 1. The van der Waals surface area contributed by atoms with Crippen LogP contribution in [0.15, 0.2) is 17.5 Å². The van der Waals surface area contributed by atoms with E-state index in [0.717, 1.165) is 32.2 Å². The summed E-state index contributed by atoms with van der Waals surface area (Å²) >= 11 is 1.68. The van der Waals surface area contributed by atoms with E-state index in [9.17, 15) is 4.79 Å². The van der Waals surface area contributed by atoms with Crippen molar-refractivity contribution < 1.29 is 4.79 Å². The Morgan fingerprint density at radius 2 is 2.20 bits per heavy atom. The molecule has 2 rings (SSSR count). The van der Waals surface area contributed by atoms with Gasteiger partial charge < -0.3 is 11.1 Å². The van der Waals surface area contributed by atoms with Crippen molar-refractivity contribution in [1.29, 1.82) is 0 Å². The van der Waals surface area contributed by atoms with Crippen LogP contribution in [0, 0.1) is 0 Å². The molecular weight excluding hydrogens is 270 g/mol. The van der Waals surface area contributed by atoms with Crippen molar-refractivity contribution in [2.24, 2.45) is 5.73 Å². The SMILES string of the molecule is CCN(CC(=O)NCc1cccs1)C1CCC(N)CC1. The molecule has 1 fully saturated rings. The first-order valence-corrected chi connectivity index (χ1v) is 8.35. The molecule has 0 bridgehead atoms. The van der Waals surface area contributed by atoms with Gasteiger partial charge in [0.2, 0.25) is 5.91 Å². The Balaban J connectivity index is 1.75. The van der Waals surface area contributed by atoms with Crippen molar-refractivity contribution in [3.8, 4) is 0 Å². The zero-order valence-electron chi connectivity index (χ0n) is 12.2.